The second-order valence-corrected chi connectivity index (χ2v) is 4.53. The van der Waals surface area contributed by atoms with Crippen molar-refractivity contribution in [3.8, 4) is 0 Å². The Hall–Kier alpha value is -2.87. The zero-order chi connectivity index (χ0) is 16.8. The van der Waals surface area contributed by atoms with E-state index in [-0.39, 0.29) is 12.4 Å². The van der Waals surface area contributed by atoms with Crippen molar-refractivity contribution in [2.24, 2.45) is 5.73 Å². The SMILES string of the molecule is CCOCc1c(C(=O)OCC(=O)NC(N)=O)oc2ccccc12. The van der Waals surface area contributed by atoms with Gasteiger partial charge in [-0.2, -0.15) is 0 Å². The van der Waals surface area contributed by atoms with Crippen LogP contribution in [0.5, 0.6) is 0 Å². The molecule has 1 aromatic carbocycles. The molecule has 0 spiro atoms. The number of carbonyl (C=O) groups is 3. The van der Waals surface area contributed by atoms with Crippen LogP contribution < -0.4 is 11.1 Å². The van der Waals surface area contributed by atoms with Crippen LogP contribution in [0.15, 0.2) is 28.7 Å². The number of carbonyl (C=O) groups excluding carboxylic acids is 3. The van der Waals surface area contributed by atoms with Crippen molar-refractivity contribution in [1.29, 1.82) is 0 Å². The van der Waals surface area contributed by atoms with Crippen molar-refractivity contribution in [2.75, 3.05) is 13.2 Å². The van der Waals surface area contributed by atoms with E-state index in [1.807, 2.05) is 13.0 Å². The van der Waals surface area contributed by atoms with E-state index in [1.165, 1.54) is 0 Å². The van der Waals surface area contributed by atoms with Gasteiger partial charge in [0.1, 0.15) is 5.58 Å². The van der Waals surface area contributed by atoms with Gasteiger partial charge in [-0.15, -0.1) is 0 Å². The fraction of sp³-hybridized carbons (Fsp3) is 0.267. The summed E-state index contributed by atoms with van der Waals surface area (Å²) in [6.07, 6.45) is 0. The van der Waals surface area contributed by atoms with E-state index in [4.69, 9.17) is 19.6 Å². The predicted octanol–water partition coefficient (Wildman–Crippen LogP) is 1.32. The minimum atomic E-state index is -1.02. The fourth-order valence-electron chi connectivity index (χ4n) is 1.98. The first-order valence-electron chi connectivity index (χ1n) is 6.87. The second kappa shape index (κ2) is 7.41. The maximum absolute atomic E-state index is 12.1. The third-order valence-electron chi connectivity index (χ3n) is 2.93. The molecule has 0 atom stereocenters. The summed E-state index contributed by atoms with van der Waals surface area (Å²) in [4.78, 5) is 33.9. The van der Waals surface area contributed by atoms with E-state index >= 15 is 0 Å². The third-order valence-corrected chi connectivity index (χ3v) is 2.93. The number of amides is 3. The van der Waals surface area contributed by atoms with Crippen molar-refractivity contribution in [3.63, 3.8) is 0 Å². The van der Waals surface area contributed by atoms with Gasteiger partial charge < -0.3 is 19.6 Å². The number of para-hydroxylation sites is 1. The molecule has 0 saturated heterocycles. The van der Waals surface area contributed by atoms with Gasteiger partial charge in [-0.05, 0) is 13.0 Å². The second-order valence-electron chi connectivity index (χ2n) is 4.53. The Morgan fingerprint density at radius 3 is 2.70 bits per heavy atom. The molecule has 0 aliphatic carbocycles. The fourth-order valence-corrected chi connectivity index (χ4v) is 1.98. The number of hydrogen-bond acceptors (Lipinski definition) is 6. The van der Waals surface area contributed by atoms with Gasteiger partial charge >= 0.3 is 12.0 Å². The molecule has 8 heteroatoms. The highest BCUT2D eigenvalue weighted by molar-refractivity contribution is 5.98. The first-order chi connectivity index (χ1) is 11.0. The van der Waals surface area contributed by atoms with Crippen LogP contribution in [0.1, 0.15) is 23.0 Å². The van der Waals surface area contributed by atoms with Crippen LogP contribution in [0.25, 0.3) is 11.0 Å². The van der Waals surface area contributed by atoms with Crippen molar-refractivity contribution in [3.05, 3.63) is 35.6 Å². The number of furan rings is 1. The van der Waals surface area contributed by atoms with Gasteiger partial charge in [0.15, 0.2) is 6.61 Å². The minimum Gasteiger partial charge on any atom is -0.450 e. The largest absolute Gasteiger partial charge is 0.450 e. The predicted molar refractivity (Wildman–Crippen MR) is 79.6 cm³/mol. The van der Waals surface area contributed by atoms with Crippen molar-refractivity contribution in [1.82, 2.24) is 5.32 Å². The molecule has 0 unspecified atom stereocenters. The van der Waals surface area contributed by atoms with Gasteiger partial charge in [0.2, 0.25) is 5.76 Å². The molecule has 1 heterocycles. The summed E-state index contributed by atoms with van der Waals surface area (Å²) in [7, 11) is 0. The number of primary amides is 1. The van der Waals surface area contributed by atoms with E-state index in [1.54, 1.807) is 23.5 Å². The van der Waals surface area contributed by atoms with Crippen LogP contribution in [-0.4, -0.2) is 31.1 Å². The zero-order valence-corrected chi connectivity index (χ0v) is 12.5. The van der Waals surface area contributed by atoms with Crippen molar-refractivity contribution < 1.29 is 28.3 Å². The number of fused-ring (bicyclic) bond motifs is 1. The highest BCUT2D eigenvalue weighted by Crippen LogP contribution is 2.27. The van der Waals surface area contributed by atoms with E-state index in [0.717, 1.165) is 5.39 Å². The molecule has 0 bridgehead atoms. The van der Waals surface area contributed by atoms with Gasteiger partial charge in [0.05, 0.1) is 6.61 Å². The molecular weight excluding hydrogens is 304 g/mol. The summed E-state index contributed by atoms with van der Waals surface area (Å²) >= 11 is 0. The molecule has 2 aromatic rings. The Morgan fingerprint density at radius 2 is 2.00 bits per heavy atom. The number of rotatable bonds is 6. The Bertz CT molecular complexity index is 737. The first kappa shape index (κ1) is 16.5. The van der Waals surface area contributed by atoms with Gasteiger partial charge in [-0.3, -0.25) is 10.1 Å². The lowest BCUT2D eigenvalue weighted by Gasteiger charge is -2.05. The molecular formula is C15H16N2O6. The molecule has 0 aliphatic rings. The van der Waals surface area contributed by atoms with Crippen LogP contribution in [0.3, 0.4) is 0 Å². The lowest BCUT2D eigenvalue weighted by molar-refractivity contribution is -0.123. The molecule has 23 heavy (non-hydrogen) atoms. The molecule has 0 saturated carbocycles. The Morgan fingerprint density at radius 1 is 1.26 bits per heavy atom. The average molecular weight is 320 g/mol. The minimum absolute atomic E-state index is 0.0356. The lowest BCUT2D eigenvalue weighted by Crippen LogP contribution is -2.37. The molecule has 2 rings (SSSR count). The number of imide groups is 1. The van der Waals surface area contributed by atoms with E-state index in [0.29, 0.717) is 17.8 Å². The standard InChI is InChI=1S/C15H16N2O6/c1-2-21-7-10-9-5-3-4-6-11(9)23-13(10)14(19)22-8-12(18)17-15(16)20/h3-6H,2,7-8H2,1H3,(H3,16,17,18,20). The van der Waals surface area contributed by atoms with E-state index < -0.39 is 24.5 Å². The van der Waals surface area contributed by atoms with Crippen molar-refractivity contribution in [2.45, 2.75) is 13.5 Å². The highest BCUT2D eigenvalue weighted by atomic mass is 16.5. The summed E-state index contributed by atoms with van der Waals surface area (Å²) in [6, 6.07) is 6.06. The number of esters is 1. The Balaban J connectivity index is 2.18. The number of urea groups is 1. The number of nitrogens with two attached hydrogens (primary N) is 1. The summed E-state index contributed by atoms with van der Waals surface area (Å²) in [5.74, 6) is -1.68. The summed E-state index contributed by atoms with van der Waals surface area (Å²) in [5.41, 5.74) is 5.85. The van der Waals surface area contributed by atoms with Crippen LogP contribution in [0, 0.1) is 0 Å². The Kier molecular flexibility index (Phi) is 5.32. The summed E-state index contributed by atoms with van der Waals surface area (Å²) in [6.45, 7) is 1.82. The molecule has 0 radical (unpaired) electrons. The lowest BCUT2D eigenvalue weighted by atomic mass is 10.1. The van der Waals surface area contributed by atoms with Gasteiger partial charge in [-0.25, -0.2) is 9.59 Å². The van der Waals surface area contributed by atoms with Gasteiger partial charge in [-0.1, -0.05) is 18.2 Å². The number of hydrogen-bond donors (Lipinski definition) is 2. The maximum Gasteiger partial charge on any atom is 0.375 e. The van der Waals surface area contributed by atoms with Crippen LogP contribution in [0.2, 0.25) is 0 Å². The maximum atomic E-state index is 12.1. The number of benzene rings is 1. The molecule has 0 fully saturated rings. The average Bonchev–Trinajstić information content (AvgIpc) is 2.88. The van der Waals surface area contributed by atoms with Gasteiger partial charge in [0.25, 0.3) is 5.91 Å². The van der Waals surface area contributed by atoms with Crippen molar-refractivity contribution >= 4 is 28.9 Å². The van der Waals surface area contributed by atoms with Crippen LogP contribution in [-0.2, 0) is 20.9 Å². The molecule has 3 amide bonds. The normalized spacial score (nSPS) is 10.5. The topological polar surface area (TPSA) is 121 Å². The molecule has 3 N–H and O–H groups in total. The monoisotopic (exact) mass is 320 g/mol. The molecule has 122 valence electrons. The Labute approximate surface area is 131 Å². The highest BCUT2D eigenvalue weighted by Gasteiger charge is 2.22. The third kappa shape index (κ3) is 4.07. The van der Waals surface area contributed by atoms with E-state index in [9.17, 15) is 14.4 Å². The van der Waals surface area contributed by atoms with Gasteiger partial charge in [0, 0.05) is 17.6 Å². The smallest absolute Gasteiger partial charge is 0.375 e. The number of ether oxygens (including phenoxy) is 2. The van der Waals surface area contributed by atoms with Crippen LogP contribution >= 0.6 is 0 Å². The summed E-state index contributed by atoms with van der Waals surface area (Å²) in [5, 5.41) is 2.52. The summed E-state index contributed by atoms with van der Waals surface area (Å²) < 4.78 is 15.7. The zero-order valence-electron chi connectivity index (χ0n) is 12.5. The van der Waals surface area contributed by atoms with E-state index in [2.05, 4.69) is 0 Å². The molecule has 1 aromatic heterocycles. The quantitative estimate of drug-likeness (QED) is 0.774. The molecule has 8 nitrogen and oxygen atoms in total. The molecule has 0 aliphatic heterocycles. The van der Waals surface area contributed by atoms with Crippen LogP contribution in [0.4, 0.5) is 4.79 Å². The number of nitrogens with one attached hydrogen (secondary N) is 1. The first-order valence-corrected chi connectivity index (χ1v) is 6.87.